The summed E-state index contributed by atoms with van der Waals surface area (Å²) in [6.45, 7) is 2.73. The molecule has 5 N–H and O–H groups in total. The number of anilines is 2. The molecule has 0 bridgehead atoms. The van der Waals surface area contributed by atoms with Crippen LogP contribution >= 0.6 is 22.9 Å². The SMILES string of the molecule is O=S(Nc1ncc(F)s1)c1cc(Cl)c(NCCCCN[C@@H]2CNC[C@H]2O)cc1F. The molecular formula is C17H22ClF2N5O2S2. The number of aliphatic hydroxyl groups excluding tert-OH is 1. The van der Waals surface area contributed by atoms with E-state index in [4.69, 9.17) is 11.6 Å². The van der Waals surface area contributed by atoms with E-state index in [-0.39, 0.29) is 27.2 Å². The van der Waals surface area contributed by atoms with Crippen LogP contribution in [0.2, 0.25) is 5.02 Å². The van der Waals surface area contributed by atoms with Gasteiger partial charge in [0.25, 0.3) is 0 Å². The van der Waals surface area contributed by atoms with Crippen LogP contribution in [0.5, 0.6) is 0 Å². The van der Waals surface area contributed by atoms with Crippen molar-refractivity contribution < 1.29 is 18.1 Å². The van der Waals surface area contributed by atoms with Crippen LogP contribution in [0.1, 0.15) is 12.8 Å². The topological polar surface area (TPSA) is 98.3 Å². The van der Waals surface area contributed by atoms with Crippen molar-refractivity contribution in [2.24, 2.45) is 0 Å². The summed E-state index contributed by atoms with van der Waals surface area (Å²) in [5.41, 5.74) is 0.411. The van der Waals surface area contributed by atoms with Crippen LogP contribution in [0.4, 0.5) is 19.6 Å². The number of nitrogens with zero attached hydrogens (tertiary/aromatic N) is 1. The second-order valence-corrected chi connectivity index (χ2v) is 9.09. The molecule has 1 aliphatic heterocycles. The smallest absolute Gasteiger partial charge is 0.198 e. The molecule has 29 heavy (non-hydrogen) atoms. The zero-order valence-corrected chi connectivity index (χ0v) is 17.8. The third-order valence-electron chi connectivity index (χ3n) is 4.39. The third kappa shape index (κ3) is 6.30. The van der Waals surface area contributed by atoms with Gasteiger partial charge in [-0.2, -0.15) is 4.39 Å². The maximum Gasteiger partial charge on any atom is 0.198 e. The lowest BCUT2D eigenvalue weighted by Gasteiger charge is -2.15. The molecule has 1 unspecified atom stereocenters. The predicted octanol–water partition coefficient (Wildman–Crippen LogP) is 2.32. The van der Waals surface area contributed by atoms with E-state index in [9.17, 15) is 18.1 Å². The van der Waals surface area contributed by atoms with Crippen LogP contribution in [0.25, 0.3) is 0 Å². The minimum atomic E-state index is -1.96. The molecule has 3 atom stereocenters. The van der Waals surface area contributed by atoms with Crippen molar-refractivity contribution in [2.45, 2.75) is 29.9 Å². The van der Waals surface area contributed by atoms with E-state index >= 15 is 0 Å². The van der Waals surface area contributed by atoms with Gasteiger partial charge in [-0.3, -0.25) is 4.72 Å². The van der Waals surface area contributed by atoms with E-state index < -0.39 is 21.9 Å². The average molecular weight is 466 g/mol. The first-order chi connectivity index (χ1) is 13.9. The molecule has 160 valence electrons. The Balaban J connectivity index is 1.45. The molecule has 3 rings (SSSR count). The second kappa shape index (κ2) is 10.6. The monoisotopic (exact) mass is 465 g/mol. The zero-order chi connectivity index (χ0) is 20.8. The summed E-state index contributed by atoms with van der Waals surface area (Å²) >= 11 is 6.86. The number of β-amino-alcohol motifs (C(OH)–C–C–N with tert-alkyl or cyclic N) is 1. The average Bonchev–Trinajstić information content (AvgIpc) is 3.28. The van der Waals surface area contributed by atoms with Crippen LogP contribution in [-0.2, 0) is 11.0 Å². The fourth-order valence-corrected chi connectivity index (χ4v) is 4.74. The summed E-state index contributed by atoms with van der Waals surface area (Å²) in [5.74, 6) is -0.691. The van der Waals surface area contributed by atoms with Crippen molar-refractivity contribution in [3.05, 3.63) is 34.3 Å². The molecule has 0 spiro atoms. The van der Waals surface area contributed by atoms with Crippen LogP contribution in [-0.4, -0.2) is 52.6 Å². The van der Waals surface area contributed by atoms with Gasteiger partial charge in [0.05, 0.1) is 27.9 Å². The molecule has 1 fully saturated rings. The third-order valence-corrected chi connectivity index (χ3v) is 6.62. The summed E-state index contributed by atoms with van der Waals surface area (Å²) in [6.07, 6.45) is 2.34. The molecule has 1 aromatic carbocycles. The minimum Gasteiger partial charge on any atom is -0.390 e. The minimum absolute atomic E-state index is 0.0781. The van der Waals surface area contributed by atoms with Crippen LogP contribution in [0.3, 0.4) is 0 Å². The molecule has 0 radical (unpaired) electrons. The Hall–Kier alpha value is -1.37. The molecule has 1 aliphatic rings. The molecule has 7 nitrogen and oxygen atoms in total. The Morgan fingerprint density at radius 3 is 2.79 bits per heavy atom. The van der Waals surface area contributed by atoms with Gasteiger partial charge < -0.3 is 21.1 Å². The number of aliphatic hydroxyl groups is 1. The Bertz CT molecular complexity index is 857. The Labute approximate surface area is 178 Å². The lowest BCUT2D eigenvalue weighted by Crippen LogP contribution is -2.39. The van der Waals surface area contributed by atoms with E-state index in [0.717, 1.165) is 32.1 Å². The number of thiazole rings is 1. The van der Waals surface area contributed by atoms with Gasteiger partial charge in [0.1, 0.15) is 5.82 Å². The maximum absolute atomic E-state index is 14.4. The van der Waals surface area contributed by atoms with Crippen LogP contribution < -0.4 is 20.7 Å². The highest BCUT2D eigenvalue weighted by Crippen LogP contribution is 2.28. The first-order valence-electron chi connectivity index (χ1n) is 9.09. The fourth-order valence-electron chi connectivity index (χ4n) is 2.88. The molecule has 2 aromatic rings. The van der Waals surface area contributed by atoms with Crippen molar-refractivity contribution in [1.82, 2.24) is 15.6 Å². The molecule has 0 aliphatic carbocycles. The summed E-state index contributed by atoms with van der Waals surface area (Å²) in [7, 11) is -1.96. The van der Waals surface area contributed by atoms with E-state index in [2.05, 4.69) is 25.7 Å². The Kier molecular flexibility index (Phi) is 8.16. The van der Waals surface area contributed by atoms with Gasteiger partial charge in [-0.05, 0) is 31.5 Å². The molecule has 1 saturated heterocycles. The van der Waals surface area contributed by atoms with Crippen molar-refractivity contribution in [3.8, 4) is 0 Å². The number of aromatic nitrogens is 1. The van der Waals surface area contributed by atoms with Gasteiger partial charge in [-0.25, -0.2) is 13.6 Å². The van der Waals surface area contributed by atoms with Gasteiger partial charge in [0.15, 0.2) is 21.2 Å². The number of unbranched alkanes of at least 4 members (excludes halogenated alkanes) is 1. The predicted molar refractivity (Wildman–Crippen MR) is 112 cm³/mol. The molecule has 2 heterocycles. The fraction of sp³-hybridized carbons (Fsp3) is 0.471. The van der Waals surface area contributed by atoms with Gasteiger partial charge in [-0.1, -0.05) is 22.9 Å². The molecule has 0 saturated carbocycles. The molecule has 0 amide bonds. The van der Waals surface area contributed by atoms with Crippen molar-refractivity contribution in [1.29, 1.82) is 0 Å². The Morgan fingerprint density at radius 2 is 2.10 bits per heavy atom. The zero-order valence-electron chi connectivity index (χ0n) is 15.4. The van der Waals surface area contributed by atoms with Crippen molar-refractivity contribution in [2.75, 3.05) is 36.2 Å². The number of hydrogen-bond donors (Lipinski definition) is 5. The first kappa shape index (κ1) is 22.3. The van der Waals surface area contributed by atoms with Crippen LogP contribution in [0, 0.1) is 10.9 Å². The van der Waals surface area contributed by atoms with E-state index in [1.54, 1.807) is 0 Å². The lowest BCUT2D eigenvalue weighted by molar-refractivity contribution is 0.163. The largest absolute Gasteiger partial charge is 0.390 e. The number of halogens is 3. The molecule has 12 heteroatoms. The standard InChI is InChI=1S/C17H22ClF2N5O2S2/c18-10-5-15(29(27)25-17-24-9-16(20)28-17)11(19)6-12(10)22-3-1-2-4-23-13-7-21-8-14(13)26/h5-6,9,13-14,21-23,26H,1-4,7-8H2,(H,24,25)/t13-,14-,29?/m1/s1. The van der Waals surface area contributed by atoms with Gasteiger partial charge >= 0.3 is 0 Å². The summed E-state index contributed by atoms with van der Waals surface area (Å²) < 4.78 is 42.0. The highest BCUT2D eigenvalue weighted by atomic mass is 35.5. The second-order valence-electron chi connectivity index (χ2n) is 6.52. The lowest BCUT2D eigenvalue weighted by atomic mass is 10.2. The molecule has 1 aromatic heterocycles. The van der Waals surface area contributed by atoms with Gasteiger partial charge in [0, 0.05) is 25.7 Å². The number of hydrogen-bond acceptors (Lipinski definition) is 7. The van der Waals surface area contributed by atoms with Crippen LogP contribution in [0.15, 0.2) is 23.2 Å². The van der Waals surface area contributed by atoms with Crippen molar-refractivity contribution in [3.63, 3.8) is 0 Å². The summed E-state index contributed by atoms with van der Waals surface area (Å²) in [4.78, 5) is 3.56. The van der Waals surface area contributed by atoms with E-state index in [0.29, 0.717) is 30.1 Å². The molecular weight excluding hydrogens is 444 g/mol. The quantitative estimate of drug-likeness (QED) is 0.345. The van der Waals surface area contributed by atoms with E-state index in [1.807, 2.05) is 0 Å². The number of benzene rings is 1. The number of rotatable bonds is 10. The number of nitrogens with one attached hydrogen (secondary N) is 4. The summed E-state index contributed by atoms with van der Waals surface area (Å²) in [6, 6.07) is 2.55. The van der Waals surface area contributed by atoms with Crippen molar-refractivity contribution >= 4 is 44.7 Å². The van der Waals surface area contributed by atoms with Gasteiger partial charge in [0.2, 0.25) is 0 Å². The summed E-state index contributed by atoms with van der Waals surface area (Å²) in [5, 5.41) is 19.0. The maximum atomic E-state index is 14.4. The van der Waals surface area contributed by atoms with E-state index in [1.165, 1.54) is 12.1 Å². The normalized spacial score (nSPS) is 20.0. The highest BCUT2D eigenvalue weighted by Gasteiger charge is 2.23. The van der Waals surface area contributed by atoms with Gasteiger partial charge in [-0.15, -0.1) is 0 Å². The Morgan fingerprint density at radius 1 is 1.31 bits per heavy atom. The highest BCUT2D eigenvalue weighted by molar-refractivity contribution is 7.86. The first-order valence-corrected chi connectivity index (χ1v) is 11.4.